The largest absolute Gasteiger partial charge is 0.610 e. The maximum Gasteiger partial charge on any atom is 0.314 e. The summed E-state index contributed by atoms with van der Waals surface area (Å²) in [5.41, 5.74) is 3.78. The van der Waals surface area contributed by atoms with Crippen LogP contribution in [0.3, 0.4) is 0 Å². The smallest absolute Gasteiger partial charge is 0.314 e. The predicted octanol–water partition coefficient (Wildman–Crippen LogP) is 0.508. The van der Waals surface area contributed by atoms with E-state index in [0.717, 1.165) is 6.07 Å². The molecule has 14 heteroatoms. The second-order valence-corrected chi connectivity index (χ2v) is 7.44. The molecule has 0 aliphatic heterocycles. The van der Waals surface area contributed by atoms with E-state index >= 15 is 0 Å². The highest BCUT2D eigenvalue weighted by atomic mass is 35.5. The van der Waals surface area contributed by atoms with Gasteiger partial charge in [0.1, 0.15) is 22.9 Å². The van der Waals surface area contributed by atoms with Crippen molar-refractivity contribution in [1.29, 1.82) is 0 Å². The van der Waals surface area contributed by atoms with Crippen LogP contribution in [0.5, 0.6) is 0 Å². The molecule has 1 unspecified atom stereocenters. The minimum Gasteiger partial charge on any atom is -0.610 e. The molecule has 1 atom stereocenters. The molecule has 11 nitrogen and oxygen atoms in total. The van der Waals surface area contributed by atoms with E-state index in [1.807, 2.05) is 0 Å². The number of hydrogen-bond acceptors (Lipinski definition) is 10. The number of nitrogens with one attached hydrogen (secondary N) is 2. The number of hydrogen-bond donors (Lipinski definition) is 4. The first kappa shape index (κ1) is 20.6. The Hall–Kier alpha value is -3.16. The van der Waals surface area contributed by atoms with Crippen LogP contribution < -0.4 is 27.2 Å². The van der Waals surface area contributed by atoms with Crippen LogP contribution in [-0.4, -0.2) is 38.2 Å². The minimum atomic E-state index is -1.79. The van der Waals surface area contributed by atoms with Gasteiger partial charge >= 0.3 is 5.03 Å². The van der Waals surface area contributed by atoms with E-state index in [1.54, 1.807) is 0 Å². The summed E-state index contributed by atoms with van der Waals surface area (Å²) in [7, 11) is 0. The minimum absolute atomic E-state index is 0.0283. The number of nitrogen functional groups attached to an aromatic ring is 1. The number of amidine groups is 1. The molecule has 1 heterocycles. The van der Waals surface area contributed by atoms with Gasteiger partial charge in [-0.3, -0.25) is 9.59 Å². The van der Waals surface area contributed by atoms with Crippen molar-refractivity contribution in [3.05, 3.63) is 55.2 Å². The van der Waals surface area contributed by atoms with Crippen molar-refractivity contribution in [3.8, 4) is 0 Å². The summed E-state index contributed by atoms with van der Waals surface area (Å²) >= 11 is 3.91. The van der Waals surface area contributed by atoms with Gasteiger partial charge in [-0.2, -0.15) is 0 Å². The Morgan fingerprint density at radius 1 is 1.38 bits per heavy atom. The van der Waals surface area contributed by atoms with Crippen molar-refractivity contribution >= 4 is 45.7 Å². The zero-order valence-electron chi connectivity index (χ0n) is 14.3. The van der Waals surface area contributed by atoms with Crippen molar-refractivity contribution in [2.75, 3.05) is 28.7 Å². The third kappa shape index (κ3) is 4.16. The highest BCUT2D eigenvalue weighted by Gasteiger charge is 2.28. The fourth-order valence-corrected chi connectivity index (χ4v) is 3.39. The maximum atomic E-state index is 13.3. The van der Waals surface area contributed by atoms with Crippen LogP contribution in [0.1, 0.15) is 5.69 Å². The van der Waals surface area contributed by atoms with E-state index in [2.05, 4.69) is 30.7 Å². The predicted molar refractivity (Wildman–Crippen MR) is 103 cm³/mol. The molecule has 3 aromatic rings. The topological polar surface area (TPSA) is 179 Å². The lowest BCUT2D eigenvalue weighted by Crippen LogP contribution is -2.37. The van der Waals surface area contributed by atoms with Crippen LogP contribution >= 0.6 is 11.6 Å². The van der Waals surface area contributed by atoms with E-state index in [1.165, 1.54) is 12.1 Å². The molecule has 0 aliphatic rings. The van der Waals surface area contributed by atoms with E-state index in [9.17, 15) is 23.7 Å². The van der Waals surface area contributed by atoms with E-state index in [4.69, 9.17) is 17.3 Å². The van der Waals surface area contributed by atoms with Gasteiger partial charge in [-0.1, -0.05) is 16.8 Å². The Morgan fingerprint density at radius 3 is 2.79 bits per heavy atom. The molecular formula is C15H12ClFN6O5S. The third-order valence-corrected chi connectivity index (χ3v) is 5.28. The summed E-state index contributed by atoms with van der Waals surface area (Å²) in [6, 6.07) is 3.67. The number of nitrogens with two attached hydrogens (primary N) is 1. The van der Waals surface area contributed by atoms with Crippen LogP contribution in [-0.2, 0) is 11.2 Å². The molecule has 2 aromatic carbocycles. The van der Waals surface area contributed by atoms with Crippen molar-refractivity contribution in [2.45, 2.75) is 5.03 Å². The Balaban J connectivity index is 1.68. The van der Waals surface area contributed by atoms with Crippen LogP contribution in [0, 0.1) is 5.82 Å². The summed E-state index contributed by atoms with van der Waals surface area (Å²) in [5.74, 6) is -0.961. The molecular weight excluding hydrogens is 431 g/mol. The molecule has 0 saturated carbocycles. The number of benzene rings is 1. The number of nitrogens with zero attached hydrogens (tertiary/aromatic N) is 3. The second kappa shape index (κ2) is 8.46. The van der Waals surface area contributed by atoms with Gasteiger partial charge in [0.05, 0.1) is 11.6 Å². The molecule has 0 radical (unpaired) electrons. The lowest BCUT2D eigenvalue weighted by atomic mass is 10.2. The van der Waals surface area contributed by atoms with Crippen LogP contribution in [0.15, 0.2) is 42.6 Å². The first-order chi connectivity index (χ1) is 13.8. The van der Waals surface area contributed by atoms with Crippen molar-refractivity contribution in [1.82, 2.24) is 10.3 Å². The Morgan fingerprint density at radius 2 is 2.14 bits per heavy atom. The van der Waals surface area contributed by atoms with Gasteiger partial charge in [0, 0.05) is 22.0 Å². The van der Waals surface area contributed by atoms with Gasteiger partial charge in [-0.25, -0.2) is 9.02 Å². The normalized spacial score (nSPS) is 12.9. The first-order valence-electron chi connectivity index (χ1n) is 7.81. The summed E-state index contributed by atoms with van der Waals surface area (Å²) < 4.78 is 30.3. The number of rotatable bonds is 7. The SMILES string of the molecule is Nc1c(NCC[S+]([O-])c2nonc2/C(=N\O)Nc2ccc(F)c(Cl)c2)c(=O)c1=O. The van der Waals surface area contributed by atoms with Crippen LogP contribution in [0.4, 0.5) is 21.5 Å². The monoisotopic (exact) mass is 442 g/mol. The van der Waals surface area contributed by atoms with Gasteiger partial charge in [0.2, 0.25) is 11.5 Å². The van der Waals surface area contributed by atoms with Gasteiger partial charge < -0.3 is 26.1 Å². The molecule has 0 amide bonds. The van der Waals surface area contributed by atoms with Crippen molar-refractivity contribution < 1.29 is 18.8 Å². The Kier molecular flexibility index (Phi) is 6.00. The highest BCUT2D eigenvalue weighted by molar-refractivity contribution is 7.91. The fraction of sp³-hybridized carbons (Fsp3) is 0.133. The Bertz CT molecular complexity index is 1140. The molecule has 0 saturated heterocycles. The first-order valence-corrected chi connectivity index (χ1v) is 9.51. The third-order valence-electron chi connectivity index (χ3n) is 3.72. The summed E-state index contributed by atoms with van der Waals surface area (Å²) in [4.78, 5) is 22.4. The maximum absolute atomic E-state index is 13.3. The molecule has 3 rings (SSSR count). The summed E-state index contributed by atoms with van der Waals surface area (Å²) in [5, 5.41) is 24.4. The van der Waals surface area contributed by atoms with Gasteiger partial charge in [-0.15, -0.1) is 0 Å². The lowest BCUT2D eigenvalue weighted by molar-refractivity contribution is 0.296. The van der Waals surface area contributed by atoms with Crippen molar-refractivity contribution in [3.63, 3.8) is 0 Å². The van der Waals surface area contributed by atoms with Gasteiger partial charge in [0.25, 0.3) is 10.9 Å². The molecule has 1 aromatic heterocycles. The second-order valence-electron chi connectivity index (χ2n) is 5.54. The zero-order valence-corrected chi connectivity index (χ0v) is 15.9. The quantitative estimate of drug-likeness (QED) is 0.100. The molecule has 152 valence electrons. The molecule has 0 spiro atoms. The summed E-state index contributed by atoms with van der Waals surface area (Å²) in [6.45, 7) is 0.0283. The van der Waals surface area contributed by atoms with E-state index in [0.29, 0.717) is 0 Å². The number of halogens is 2. The van der Waals surface area contributed by atoms with Crippen LogP contribution in [0.25, 0.3) is 0 Å². The molecule has 0 bridgehead atoms. The van der Waals surface area contributed by atoms with E-state index < -0.39 is 27.9 Å². The number of aromatic nitrogens is 2. The lowest BCUT2D eigenvalue weighted by Gasteiger charge is -2.12. The van der Waals surface area contributed by atoms with E-state index in [-0.39, 0.29) is 50.9 Å². The Labute approximate surface area is 169 Å². The highest BCUT2D eigenvalue weighted by Crippen LogP contribution is 2.21. The average Bonchev–Trinajstić information content (AvgIpc) is 3.20. The van der Waals surface area contributed by atoms with Gasteiger partial charge in [0.15, 0.2) is 0 Å². The molecule has 0 fully saturated rings. The zero-order chi connectivity index (χ0) is 21.1. The fourth-order valence-electron chi connectivity index (χ4n) is 2.27. The molecule has 29 heavy (non-hydrogen) atoms. The van der Waals surface area contributed by atoms with Crippen molar-refractivity contribution in [2.24, 2.45) is 5.16 Å². The number of oxime groups is 1. The average molecular weight is 443 g/mol. The molecule has 0 aliphatic carbocycles. The van der Waals surface area contributed by atoms with Gasteiger partial charge in [-0.05, 0) is 23.4 Å². The number of anilines is 3. The summed E-state index contributed by atoms with van der Waals surface area (Å²) in [6.07, 6.45) is 0. The standard InChI is InChI=1S/C15H12ClFN6O5S/c16-7-5-6(1-2-8(7)17)20-14(21-26)11-15(23-28-22-11)29(27)4-3-19-10-9(18)12(24)13(10)25/h1-2,5,19,26H,3-4,18H2,(H,20,21). The van der Waals surface area contributed by atoms with Crippen LogP contribution in [0.2, 0.25) is 5.02 Å². The molecule has 5 N–H and O–H groups in total.